The molecule has 0 radical (unpaired) electrons. The maximum atomic E-state index is 13.0. The lowest BCUT2D eigenvalue weighted by atomic mass is 9.92. The number of carbonyl (C=O) groups excluding carboxylic acids is 3. The molecule has 4 rings (SSSR count). The average Bonchev–Trinajstić information content (AvgIpc) is 3.48. The number of benzene rings is 1. The molecule has 1 aromatic heterocycles. The number of nitriles is 1. The molecule has 32 heavy (non-hydrogen) atoms. The van der Waals surface area contributed by atoms with Crippen LogP contribution in [0.2, 0.25) is 5.02 Å². The van der Waals surface area contributed by atoms with E-state index < -0.39 is 23.9 Å². The molecule has 2 fully saturated rings. The van der Waals surface area contributed by atoms with Crippen LogP contribution >= 0.6 is 11.6 Å². The van der Waals surface area contributed by atoms with Crippen LogP contribution in [0.25, 0.3) is 10.9 Å². The highest BCUT2D eigenvalue weighted by Crippen LogP contribution is 2.34. The second kappa shape index (κ2) is 9.61. The molecular weight excluding hydrogens is 430 g/mol. The zero-order valence-electron chi connectivity index (χ0n) is 17.6. The molecule has 0 spiro atoms. The maximum Gasteiger partial charge on any atom is 0.268 e. The number of hydrogen-bond donors (Lipinski definition) is 4. The molecule has 3 atom stereocenters. The maximum absolute atomic E-state index is 13.0. The van der Waals surface area contributed by atoms with Gasteiger partial charge in [-0.3, -0.25) is 14.4 Å². The van der Waals surface area contributed by atoms with Gasteiger partial charge in [0, 0.05) is 28.4 Å². The van der Waals surface area contributed by atoms with Gasteiger partial charge in [0.05, 0.1) is 6.07 Å². The summed E-state index contributed by atoms with van der Waals surface area (Å²) in [5.74, 6) is -0.791. The van der Waals surface area contributed by atoms with Gasteiger partial charge in [0.15, 0.2) is 0 Å². The van der Waals surface area contributed by atoms with E-state index in [2.05, 4.69) is 27.0 Å². The third-order valence-electron chi connectivity index (χ3n) is 6.14. The lowest BCUT2D eigenvalue weighted by molar-refractivity contribution is -0.128. The van der Waals surface area contributed by atoms with Crippen LogP contribution in [0.4, 0.5) is 0 Å². The van der Waals surface area contributed by atoms with Crippen molar-refractivity contribution in [2.24, 2.45) is 11.8 Å². The molecule has 2 aliphatic rings. The van der Waals surface area contributed by atoms with Gasteiger partial charge in [-0.05, 0) is 49.8 Å². The molecule has 8 nitrogen and oxygen atoms in total. The Labute approximate surface area is 191 Å². The second-order valence-corrected chi connectivity index (χ2v) is 9.05. The van der Waals surface area contributed by atoms with Gasteiger partial charge >= 0.3 is 0 Å². The summed E-state index contributed by atoms with van der Waals surface area (Å²) in [6, 6.07) is 7.57. The molecule has 1 saturated heterocycles. The summed E-state index contributed by atoms with van der Waals surface area (Å²) < 4.78 is 0. The van der Waals surface area contributed by atoms with Crippen molar-refractivity contribution in [2.75, 3.05) is 6.54 Å². The number of H-pyrrole nitrogens is 1. The largest absolute Gasteiger partial charge is 0.356 e. The highest BCUT2D eigenvalue weighted by Gasteiger charge is 2.33. The molecule has 1 saturated carbocycles. The fourth-order valence-electron chi connectivity index (χ4n) is 4.16. The van der Waals surface area contributed by atoms with E-state index in [0.717, 1.165) is 30.2 Å². The summed E-state index contributed by atoms with van der Waals surface area (Å²) in [6.45, 7) is 0.646. The van der Waals surface area contributed by atoms with Gasteiger partial charge in [-0.15, -0.1) is 0 Å². The molecule has 168 valence electrons. The Morgan fingerprint density at radius 1 is 1.22 bits per heavy atom. The lowest BCUT2D eigenvalue weighted by Gasteiger charge is -2.25. The minimum Gasteiger partial charge on any atom is -0.356 e. The minimum atomic E-state index is -0.790. The van der Waals surface area contributed by atoms with Crippen molar-refractivity contribution in [3.63, 3.8) is 0 Å². The van der Waals surface area contributed by atoms with E-state index in [-0.39, 0.29) is 18.2 Å². The molecule has 1 aliphatic carbocycles. The number of nitrogens with zero attached hydrogens (tertiary/aromatic N) is 1. The van der Waals surface area contributed by atoms with Crippen molar-refractivity contribution in [3.05, 3.63) is 35.0 Å². The third kappa shape index (κ3) is 5.22. The fraction of sp³-hybridized carbons (Fsp3) is 0.478. The molecular formula is C23H26ClN5O3. The van der Waals surface area contributed by atoms with Crippen molar-refractivity contribution in [1.82, 2.24) is 20.9 Å². The summed E-state index contributed by atoms with van der Waals surface area (Å²) >= 11 is 6.20. The first-order chi connectivity index (χ1) is 15.4. The Hall–Kier alpha value is -3.05. The van der Waals surface area contributed by atoms with Gasteiger partial charge in [-0.1, -0.05) is 30.5 Å². The topological polar surface area (TPSA) is 127 Å². The summed E-state index contributed by atoms with van der Waals surface area (Å²) in [7, 11) is 0. The van der Waals surface area contributed by atoms with Crippen LogP contribution in [0.3, 0.4) is 0 Å². The van der Waals surface area contributed by atoms with E-state index in [0.29, 0.717) is 36.0 Å². The van der Waals surface area contributed by atoms with Gasteiger partial charge in [0.2, 0.25) is 11.8 Å². The van der Waals surface area contributed by atoms with Crippen molar-refractivity contribution in [2.45, 2.75) is 50.6 Å². The van der Waals surface area contributed by atoms with E-state index in [1.54, 1.807) is 18.2 Å². The number of fused-ring (bicyclic) bond motifs is 1. The number of piperidine rings is 1. The standard InChI is InChI=1S/C23H26ClN5O3/c24-17-4-1-5-18-16(17)11-20(28-18)23(32)29-19(9-13-6-7-13)22(31)27-15(12-25)10-14-3-2-8-26-21(14)30/h1,4-5,11,13-15,19,28H,2-3,6-10H2,(H,26,30)(H,27,31)(H,29,32). The van der Waals surface area contributed by atoms with Crippen LogP contribution in [0.15, 0.2) is 24.3 Å². The molecule has 1 aromatic carbocycles. The zero-order valence-corrected chi connectivity index (χ0v) is 18.4. The number of amides is 3. The Morgan fingerprint density at radius 2 is 2.03 bits per heavy atom. The predicted molar refractivity (Wildman–Crippen MR) is 120 cm³/mol. The number of hydrogen-bond acceptors (Lipinski definition) is 4. The van der Waals surface area contributed by atoms with Gasteiger partial charge in [0.1, 0.15) is 17.8 Å². The fourth-order valence-corrected chi connectivity index (χ4v) is 4.39. The Bertz CT molecular complexity index is 1070. The molecule has 9 heteroatoms. The SMILES string of the molecule is N#CC(CC1CCCNC1=O)NC(=O)C(CC1CC1)NC(=O)c1cc2c(Cl)cccc2[nH]1. The van der Waals surface area contributed by atoms with Crippen molar-refractivity contribution in [3.8, 4) is 6.07 Å². The van der Waals surface area contributed by atoms with E-state index in [4.69, 9.17) is 11.6 Å². The quantitative estimate of drug-likeness (QED) is 0.488. The van der Waals surface area contributed by atoms with E-state index in [1.807, 2.05) is 6.07 Å². The van der Waals surface area contributed by atoms with Crippen molar-refractivity contribution < 1.29 is 14.4 Å². The average molecular weight is 456 g/mol. The summed E-state index contributed by atoms with van der Waals surface area (Å²) in [4.78, 5) is 40.9. The number of halogens is 1. The van der Waals surface area contributed by atoms with E-state index >= 15 is 0 Å². The van der Waals surface area contributed by atoms with Crippen molar-refractivity contribution >= 4 is 40.2 Å². The van der Waals surface area contributed by atoms with Crippen LogP contribution in [-0.4, -0.2) is 41.3 Å². The minimum absolute atomic E-state index is 0.0777. The van der Waals surface area contributed by atoms with Crippen LogP contribution in [0, 0.1) is 23.2 Å². The number of carbonyl (C=O) groups is 3. The highest BCUT2D eigenvalue weighted by molar-refractivity contribution is 6.35. The van der Waals surface area contributed by atoms with Crippen LogP contribution < -0.4 is 16.0 Å². The van der Waals surface area contributed by atoms with Crippen LogP contribution in [0.5, 0.6) is 0 Å². The lowest BCUT2D eigenvalue weighted by Crippen LogP contribution is -2.50. The number of rotatable bonds is 8. The normalized spacial score (nSPS) is 20.1. The van der Waals surface area contributed by atoms with E-state index in [9.17, 15) is 19.6 Å². The Balaban J connectivity index is 1.42. The summed E-state index contributed by atoms with van der Waals surface area (Å²) in [5, 5.41) is 19.2. The Morgan fingerprint density at radius 3 is 2.72 bits per heavy atom. The van der Waals surface area contributed by atoms with Gasteiger partial charge in [-0.2, -0.15) is 5.26 Å². The van der Waals surface area contributed by atoms with Gasteiger partial charge in [-0.25, -0.2) is 0 Å². The zero-order chi connectivity index (χ0) is 22.7. The first-order valence-electron chi connectivity index (χ1n) is 11.0. The highest BCUT2D eigenvalue weighted by atomic mass is 35.5. The monoisotopic (exact) mass is 455 g/mol. The molecule has 4 N–H and O–H groups in total. The number of aromatic nitrogens is 1. The van der Waals surface area contributed by atoms with Gasteiger partial charge in [0.25, 0.3) is 5.91 Å². The third-order valence-corrected chi connectivity index (χ3v) is 6.46. The Kier molecular flexibility index (Phi) is 6.66. The van der Waals surface area contributed by atoms with E-state index in [1.165, 1.54) is 0 Å². The molecule has 2 heterocycles. The molecule has 2 aromatic rings. The van der Waals surface area contributed by atoms with Crippen molar-refractivity contribution in [1.29, 1.82) is 5.26 Å². The van der Waals surface area contributed by atoms with Crippen LogP contribution in [0.1, 0.15) is 49.0 Å². The molecule has 3 amide bonds. The first kappa shape index (κ1) is 22.2. The van der Waals surface area contributed by atoms with Crippen LogP contribution in [-0.2, 0) is 9.59 Å². The van der Waals surface area contributed by atoms with Gasteiger partial charge < -0.3 is 20.9 Å². The number of aromatic amines is 1. The second-order valence-electron chi connectivity index (χ2n) is 8.65. The summed E-state index contributed by atoms with van der Waals surface area (Å²) in [6.07, 6.45) is 4.37. The summed E-state index contributed by atoms with van der Waals surface area (Å²) in [5.41, 5.74) is 1.05. The number of nitrogens with one attached hydrogen (secondary N) is 4. The molecule has 0 bridgehead atoms. The first-order valence-corrected chi connectivity index (χ1v) is 11.4. The smallest absolute Gasteiger partial charge is 0.268 e. The molecule has 1 aliphatic heterocycles. The molecule has 3 unspecified atom stereocenters. The predicted octanol–water partition coefficient (Wildman–Crippen LogP) is 2.64.